The summed E-state index contributed by atoms with van der Waals surface area (Å²) in [5, 5.41) is 14.5. The summed E-state index contributed by atoms with van der Waals surface area (Å²) in [7, 11) is 0. The number of aromatic nitrogens is 1. The van der Waals surface area contributed by atoms with Gasteiger partial charge in [0.2, 0.25) is 5.91 Å². The molecule has 0 aliphatic heterocycles. The van der Waals surface area contributed by atoms with Crippen LogP contribution in [0.1, 0.15) is 39.0 Å². The van der Waals surface area contributed by atoms with E-state index in [1.54, 1.807) is 46.0 Å². The summed E-state index contributed by atoms with van der Waals surface area (Å²) >= 11 is 0. The summed E-state index contributed by atoms with van der Waals surface area (Å²) in [6.07, 6.45) is 1.52. The molecule has 1 heterocycles. The number of benzene rings is 2. The number of hydrogen-bond acceptors (Lipinski definition) is 6. The highest BCUT2D eigenvalue weighted by atomic mass is 16.6. The van der Waals surface area contributed by atoms with E-state index in [0.29, 0.717) is 18.1 Å². The molecule has 2 N–H and O–H groups in total. The Hall–Kier alpha value is -4.20. The number of rotatable bonds is 11. The molecule has 0 aliphatic carbocycles. The van der Waals surface area contributed by atoms with Gasteiger partial charge in [-0.2, -0.15) is 0 Å². The third kappa shape index (κ3) is 7.90. The van der Waals surface area contributed by atoms with Crippen LogP contribution < -0.4 is 10.1 Å². The summed E-state index contributed by atoms with van der Waals surface area (Å²) < 4.78 is 11.2. The predicted molar refractivity (Wildman–Crippen MR) is 145 cm³/mol. The van der Waals surface area contributed by atoms with Crippen molar-refractivity contribution in [2.24, 2.45) is 11.8 Å². The predicted octanol–water partition coefficient (Wildman–Crippen LogP) is 4.71. The van der Waals surface area contributed by atoms with Gasteiger partial charge in [0.25, 0.3) is 0 Å². The van der Waals surface area contributed by atoms with Gasteiger partial charge in [0.15, 0.2) is 0 Å². The van der Waals surface area contributed by atoms with E-state index in [4.69, 9.17) is 9.47 Å². The molecule has 0 spiro atoms. The molecule has 2 aromatic carbocycles. The van der Waals surface area contributed by atoms with Gasteiger partial charge < -0.3 is 19.9 Å². The number of carbonyl (C=O) groups is 3. The van der Waals surface area contributed by atoms with E-state index in [1.165, 1.54) is 0 Å². The van der Waals surface area contributed by atoms with Crippen LogP contribution in [-0.4, -0.2) is 40.1 Å². The molecule has 2 atom stereocenters. The van der Waals surface area contributed by atoms with Crippen molar-refractivity contribution < 1.29 is 29.0 Å². The van der Waals surface area contributed by atoms with Crippen LogP contribution in [-0.2, 0) is 32.1 Å². The molecular weight excluding hydrogens is 484 g/mol. The molecule has 0 unspecified atom stereocenters. The fourth-order valence-corrected chi connectivity index (χ4v) is 3.84. The summed E-state index contributed by atoms with van der Waals surface area (Å²) in [5.41, 5.74) is 1.02. The number of hydrogen-bond donors (Lipinski definition) is 2. The Morgan fingerprint density at radius 1 is 1.05 bits per heavy atom. The molecule has 0 fully saturated rings. The van der Waals surface area contributed by atoms with Gasteiger partial charge in [0.1, 0.15) is 18.0 Å². The van der Waals surface area contributed by atoms with E-state index in [9.17, 15) is 19.5 Å². The van der Waals surface area contributed by atoms with E-state index < -0.39 is 35.3 Å². The number of amides is 1. The largest absolute Gasteiger partial charge is 0.487 e. The molecule has 38 heavy (non-hydrogen) atoms. The molecule has 1 aromatic heterocycles. The van der Waals surface area contributed by atoms with Crippen LogP contribution >= 0.6 is 0 Å². The van der Waals surface area contributed by atoms with Gasteiger partial charge in [-0.25, -0.2) is 0 Å². The van der Waals surface area contributed by atoms with Crippen molar-refractivity contribution in [1.82, 2.24) is 10.3 Å². The molecule has 3 aromatic rings. The molecule has 8 heteroatoms. The SMILES string of the molecule is C=C([C@@H](C)C(=O)OC(C)(C)C)[C@@H](CNC(=O)Cc1ccc(OCc2cccc3ccccc23)cn1)C(=O)O. The number of carboxylic acid groups (broad SMARTS) is 1. The fourth-order valence-electron chi connectivity index (χ4n) is 3.84. The normalized spacial score (nSPS) is 12.8. The van der Waals surface area contributed by atoms with Crippen LogP contribution in [0.3, 0.4) is 0 Å². The third-order valence-corrected chi connectivity index (χ3v) is 5.98. The summed E-state index contributed by atoms with van der Waals surface area (Å²) in [6.45, 7) is 10.7. The first-order chi connectivity index (χ1) is 17.9. The average molecular weight is 519 g/mol. The minimum Gasteiger partial charge on any atom is -0.487 e. The number of carbonyl (C=O) groups excluding carboxylic acids is 2. The Bertz CT molecular complexity index is 1310. The number of pyridine rings is 1. The van der Waals surface area contributed by atoms with Crippen molar-refractivity contribution in [1.29, 1.82) is 0 Å². The maximum atomic E-state index is 12.5. The molecule has 0 bridgehead atoms. The Morgan fingerprint density at radius 2 is 1.76 bits per heavy atom. The topological polar surface area (TPSA) is 115 Å². The highest BCUT2D eigenvalue weighted by Crippen LogP contribution is 2.23. The van der Waals surface area contributed by atoms with Crippen LogP contribution in [0.15, 0.2) is 72.9 Å². The van der Waals surface area contributed by atoms with Gasteiger partial charge in [-0.1, -0.05) is 49.0 Å². The number of nitrogens with one attached hydrogen (secondary N) is 1. The van der Waals surface area contributed by atoms with Gasteiger partial charge >= 0.3 is 11.9 Å². The van der Waals surface area contributed by atoms with Crippen LogP contribution in [0.25, 0.3) is 10.8 Å². The lowest BCUT2D eigenvalue weighted by Crippen LogP contribution is -2.37. The molecule has 200 valence electrons. The van der Waals surface area contributed by atoms with Crippen molar-refractivity contribution in [2.75, 3.05) is 6.54 Å². The summed E-state index contributed by atoms with van der Waals surface area (Å²) in [4.78, 5) is 40.9. The number of fused-ring (bicyclic) bond motifs is 1. The van der Waals surface area contributed by atoms with Crippen molar-refractivity contribution in [3.05, 3.63) is 84.2 Å². The van der Waals surface area contributed by atoms with Gasteiger partial charge in [-0.3, -0.25) is 19.4 Å². The first-order valence-corrected chi connectivity index (χ1v) is 12.4. The van der Waals surface area contributed by atoms with Gasteiger partial charge in [0.05, 0.1) is 24.5 Å². The van der Waals surface area contributed by atoms with Crippen molar-refractivity contribution in [3.8, 4) is 5.75 Å². The van der Waals surface area contributed by atoms with Crippen molar-refractivity contribution in [2.45, 2.75) is 46.3 Å². The van der Waals surface area contributed by atoms with Crippen molar-refractivity contribution >= 4 is 28.6 Å². The number of ether oxygens (including phenoxy) is 2. The average Bonchev–Trinajstić information content (AvgIpc) is 2.86. The zero-order valence-electron chi connectivity index (χ0n) is 22.2. The molecule has 0 radical (unpaired) electrons. The molecule has 0 saturated heterocycles. The smallest absolute Gasteiger partial charge is 0.313 e. The lowest BCUT2D eigenvalue weighted by molar-refractivity contribution is -0.158. The molecule has 3 rings (SSSR count). The second-order valence-electron chi connectivity index (χ2n) is 10.1. The molecule has 8 nitrogen and oxygen atoms in total. The van der Waals surface area contributed by atoms with Crippen LogP contribution in [0.4, 0.5) is 0 Å². The van der Waals surface area contributed by atoms with E-state index >= 15 is 0 Å². The summed E-state index contributed by atoms with van der Waals surface area (Å²) in [6, 6.07) is 17.6. The maximum Gasteiger partial charge on any atom is 0.313 e. The van der Waals surface area contributed by atoms with Gasteiger partial charge in [-0.05, 0) is 61.7 Å². The number of carboxylic acids is 1. The number of esters is 1. The molecule has 0 saturated carbocycles. The quantitative estimate of drug-likeness (QED) is 0.279. The van der Waals surface area contributed by atoms with Gasteiger partial charge in [0, 0.05) is 12.2 Å². The standard InChI is InChI=1S/C30H34N2O6/c1-19(20(2)29(36)38-30(3,4)5)26(28(34)35)17-32-27(33)15-23-13-14-24(16-31-23)37-18-22-11-8-10-21-9-6-7-12-25(21)22/h6-14,16,20,26H,1,15,17-18H2,2-5H3,(H,32,33)(H,34,35)/t20-,26-/m1/s1. The summed E-state index contributed by atoms with van der Waals surface area (Å²) in [5.74, 6) is -3.55. The fraction of sp³-hybridized carbons (Fsp3) is 0.333. The molecule has 1 amide bonds. The second kappa shape index (κ2) is 12.4. The molecule has 0 aliphatic rings. The zero-order valence-corrected chi connectivity index (χ0v) is 22.2. The van der Waals surface area contributed by atoms with Crippen LogP contribution in [0.2, 0.25) is 0 Å². The Morgan fingerprint density at radius 3 is 2.42 bits per heavy atom. The lowest BCUT2D eigenvalue weighted by Gasteiger charge is -2.25. The zero-order chi connectivity index (χ0) is 27.9. The van der Waals surface area contributed by atoms with Crippen LogP contribution in [0.5, 0.6) is 5.75 Å². The Balaban J connectivity index is 1.52. The number of aliphatic carboxylic acids is 1. The number of nitrogens with zero attached hydrogens (tertiary/aromatic N) is 1. The first kappa shape index (κ1) is 28.4. The highest BCUT2D eigenvalue weighted by molar-refractivity contribution is 5.85. The second-order valence-corrected chi connectivity index (χ2v) is 10.1. The van der Waals surface area contributed by atoms with Gasteiger partial charge in [-0.15, -0.1) is 0 Å². The minimum absolute atomic E-state index is 0.0377. The Labute approximate surface area is 222 Å². The maximum absolute atomic E-state index is 12.5. The van der Waals surface area contributed by atoms with E-state index in [0.717, 1.165) is 16.3 Å². The minimum atomic E-state index is -1.18. The lowest BCUT2D eigenvalue weighted by atomic mass is 9.90. The molecular formula is C30H34N2O6. The monoisotopic (exact) mass is 518 g/mol. The van der Waals surface area contributed by atoms with Crippen LogP contribution in [0, 0.1) is 11.8 Å². The van der Waals surface area contributed by atoms with Crippen molar-refractivity contribution in [3.63, 3.8) is 0 Å². The third-order valence-electron chi connectivity index (χ3n) is 5.98. The Kier molecular flexibility index (Phi) is 9.23. The highest BCUT2D eigenvalue weighted by Gasteiger charge is 2.31. The van der Waals surface area contributed by atoms with E-state index in [1.807, 2.05) is 24.3 Å². The van der Waals surface area contributed by atoms with E-state index in [-0.39, 0.29) is 18.5 Å². The first-order valence-electron chi connectivity index (χ1n) is 12.4. The van der Waals surface area contributed by atoms with E-state index in [2.05, 4.69) is 35.1 Å².